The first-order valence-electron chi connectivity index (χ1n) is 8.74. The van der Waals surface area contributed by atoms with Gasteiger partial charge >= 0.3 is 0 Å². The second-order valence-electron chi connectivity index (χ2n) is 6.36. The molecule has 0 saturated heterocycles. The minimum absolute atomic E-state index is 0. The average Bonchev–Trinajstić information content (AvgIpc) is 2.69. The van der Waals surface area contributed by atoms with E-state index in [0.717, 1.165) is 21.8 Å². The summed E-state index contributed by atoms with van der Waals surface area (Å²) in [6.07, 6.45) is 10.3. The summed E-state index contributed by atoms with van der Waals surface area (Å²) in [6.45, 7) is 0. The fourth-order valence-electron chi connectivity index (χ4n) is 3.46. The molecule has 1 aromatic carbocycles. The number of nitrogens with one attached hydrogen (secondary N) is 2. The zero-order valence-electron chi connectivity index (χ0n) is 14.9. The van der Waals surface area contributed by atoms with Crippen LogP contribution >= 0.6 is 0 Å². The topological polar surface area (TPSA) is 49.8 Å². The number of fused-ring (bicyclic) bond motifs is 3. The van der Waals surface area contributed by atoms with Gasteiger partial charge in [0.25, 0.3) is 0 Å². The Bertz CT molecular complexity index is 739. The molecule has 2 heterocycles. The van der Waals surface area contributed by atoms with Crippen LogP contribution in [-0.4, -0.2) is 29.7 Å². The van der Waals surface area contributed by atoms with E-state index in [0.29, 0.717) is 0 Å². The number of aromatic nitrogens is 2. The molecule has 136 valence electrons. The van der Waals surface area contributed by atoms with Crippen LogP contribution < -0.4 is 10.6 Å². The standard InChI is InChI=1S/C12H8N2.C8H18N2.Pt/c1-3-9-5-6-10-4-2-8-14-12(10)11(9)13-7-1;1-9-8(10-2)6-4-3-5-7-8;/h1-8H;9-10H,3-7H2,1-2H3;. The van der Waals surface area contributed by atoms with Crippen LogP contribution in [0.4, 0.5) is 0 Å². The van der Waals surface area contributed by atoms with Crippen molar-refractivity contribution in [3.05, 3.63) is 48.8 Å². The van der Waals surface area contributed by atoms with Crippen molar-refractivity contribution in [1.82, 2.24) is 20.6 Å². The zero-order valence-corrected chi connectivity index (χ0v) is 17.1. The van der Waals surface area contributed by atoms with E-state index in [-0.39, 0.29) is 26.7 Å². The van der Waals surface area contributed by atoms with Gasteiger partial charge in [-0.05, 0) is 39.1 Å². The van der Waals surface area contributed by atoms with E-state index in [1.165, 1.54) is 32.1 Å². The summed E-state index contributed by atoms with van der Waals surface area (Å²) in [4.78, 5) is 8.69. The van der Waals surface area contributed by atoms with Gasteiger partial charge in [0.2, 0.25) is 0 Å². The van der Waals surface area contributed by atoms with Gasteiger partial charge in [-0.1, -0.05) is 43.5 Å². The molecular formula is C20H26N4Pt. The predicted octanol–water partition coefficient (Wildman–Crippen LogP) is 3.87. The normalized spacial score (nSPS) is 15.9. The zero-order chi connectivity index (χ0) is 16.8. The molecule has 1 saturated carbocycles. The molecule has 0 unspecified atom stereocenters. The molecule has 0 spiro atoms. The van der Waals surface area contributed by atoms with Gasteiger partial charge < -0.3 is 10.6 Å². The Morgan fingerprint density at radius 1 is 0.760 bits per heavy atom. The van der Waals surface area contributed by atoms with E-state index in [1.807, 2.05) is 26.2 Å². The molecule has 1 aliphatic rings. The van der Waals surface area contributed by atoms with Crippen LogP contribution in [0.1, 0.15) is 32.1 Å². The Hall–Kier alpha value is -1.35. The van der Waals surface area contributed by atoms with E-state index < -0.39 is 0 Å². The van der Waals surface area contributed by atoms with Gasteiger partial charge in [-0.2, -0.15) is 0 Å². The second-order valence-corrected chi connectivity index (χ2v) is 6.36. The third-order valence-corrected chi connectivity index (χ3v) is 5.01. The summed E-state index contributed by atoms with van der Waals surface area (Å²) in [5, 5.41) is 8.99. The monoisotopic (exact) mass is 517 g/mol. The van der Waals surface area contributed by atoms with Crippen molar-refractivity contribution in [3.8, 4) is 0 Å². The Balaban J connectivity index is 0.000000184. The molecule has 0 aliphatic heterocycles. The number of hydrogen-bond acceptors (Lipinski definition) is 4. The predicted molar refractivity (Wildman–Crippen MR) is 101 cm³/mol. The van der Waals surface area contributed by atoms with Crippen LogP contribution in [0.5, 0.6) is 0 Å². The van der Waals surface area contributed by atoms with E-state index >= 15 is 0 Å². The van der Waals surface area contributed by atoms with Gasteiger partial charge in [-0.15, -0.1) is 0 Å². The largest absolute Gasteiger partial charge is 0.302 e. The molecule has 2 N–H and O–H groups in total. The van der Waals surface area contributed by atoms with Crippen LogP contribution in [0.2, 0.25) is 0 Å². The number of pyridine rings is 2. The summed E-state index contributed by atoms with van der Waals surface area (Å²) in [5.74, 6) is 0. The summed E-state index contributed by atoms with van der Waals surface area (Å²) in [6, 6.07) is 12.1. The van der Waals surface area contributed by atoms with Crippen molar-refractivity contribution in [2.24, 2.45) is 0 Å². The number of benzene rings is 1. The Morgan fingerprint density at radius 3 is 1.64 bits per heavy atom. The molecule has 3 aromatic rings. The molecule has 0 atom stereocenters. The first-order chi connectivity index (χ1) is 11.8. The maximum Gasteiger partial charge on any atom is 0.0964 e. The van der Waals surface area contributed by atoms with Crippen molar-refractivity contribution in [2.45, 2.75) is 37.8 Å². The summed E-state index contributed by atoms with van der Waals surface area (Å²) in [7, 11) is 4.09. The van der Waals surface area contributed by atoms with E-state index in [1.54, 1.807) is 12.4 Å². The van der Waals surface area contributed by atoms with Crippen LogP contribution in [0.15, 0.2) is 48.8 Å². The van der Waals surface area contributed by atoms with E-state index in [9.17, 15) is 0 Å². The molecule has 25 heavy (non-hydrogen) atoms. The fraction of sp³-hybridized carbons (Fsp3) is 0.400. The smallest absolute Gasteiger partial charge is 0.0964 e. The maximum atomic E-state index is 4.35. The number of rotatable bonds is 2. The van der Waals surface area contributed by atoms with Crippen molar-refractivity contribution in [1.29, 1.82) is 0 Å². The third kappa shape index (κ3) is 4.63. The van der Waals surface area contributed by atoms with Crippen LogP contribution in [0.25, 0.3) is 21.8 Å². The van der Waals surface area contributed by atoms with Gasteiger partial charge in [0.1, 0.15) is 0 Å². The summed E-state index contributed by atoms with van der Waals surface area (Å²) in [5.41, 5.74) is 2.22. The molecule has 0 radical (unpaired) electrons. The quantitative estimate of drug-likeness (QED) is 0.401. The molecule has 1 fully saturated rings. The van der Waals surface area contributed by atoms with Crippen molar-refractivity contribution in [2.75, 3.05) is 14.1 Å². The van der Waals surface area contributed by atoms with Crippen molar-refractivity contribution >= 4 is 21.8 Å². The Labute approximate surface area is 164 Å². The van der Waals surface area contributed by atoms with Crippen LogP contribution in [0, 0.1) is 0 Å². The molecule has 4 nitrogen and oxygen atoms in total. The molecular weight excluding hydrogens is 491 g/mol. The van der Waals surface area contributed by atoms with Crippen LogP contribution in [0.3, 0.4) is 0 Å². The van der Waals surface area contributed by atoms with E-state index in [2.05, 4.69) is 44.9 Å². The summed E-state index contributed by atoms with van der Waals surface area (Å²) < 4.78 is 0. The third-order valence-electron chi connectivity index (χ3n) is 5.01. The molecule has 0 amide bonds. The Kier molecular flexibility index (Phi) is 7.49. The average molecular weight is 518 g/mol. The Morgan fingerprint density at radius 2 is 1.24 bits per heavy atom. The molecule has 5 heteroatoms. The van der Waals surface area contributed by atoms with Gasteiger partial charge in [0, 0.05) is 44.2 Å². The summed E-state index contributed by atoms with van der Waals surface area (Å²) >= 11 is 0. The molecule has 2 aromatic heterocycles. The van der Waals surface area contributed by atoms with Crippen LogP contribution in [-0.2, 0) is 21.1 Å². The number of nitrogens with zero attached hydrogens (tertiary/aromatic N) is 2. The minimum Gasteiger partial charge on any atom is -0.302 e. The number of hydrogen-bond donors (Lipinski definition) is 2. The molecule has 1 aliphatic carbocycles. The van der Waals surface area contributed by atoms with Gasteiger partial charge in [0.05, 0.1) is 16.7 Å². The minimum atomic E-state index is 0. The first-order valence-corrected chi connectivity index (χ1v) is 8.74. The molecule has 4 rings (SSSR count). The first kappa shape index (κ1) is 20.0. The van der Waals surface area contributed by atoms with Gasteiger partial charge in [-0.3, -0.25) is 9.97 Å². The molecule has 0 bridgehead atoms. The second kappa shape index (κ2) is 9.37. The maximum absolute atomic E-state index is 4.35. The van der Waals surface area contributed by atoms with E-state index in [4.69, 9.17) is 0 Å². The fourth-order valence-corrected chi connectivity index (χ4v) is 3.46. The van der Waals surface area contributed by atoms with Gasteiger partial charge in [0.15, 0.2) is 0 Å². The van der Waals surface area contributed by atoms with Gasteiger partial charge in [-0.25, -0.2) is 0 Å². The SMILES string of the molecule is CNC1(NC)CCCCC1.[Pt].c1cnc2c(c1)ccc1cccnc12. The van der Waals surface area contributed by atoms with Crippen molar-refractivity contribution < 1.29 is 21.1 Å². The van der Waals surface area contributed by atoms with Crippen molar-refractivity contribution in [3.63, 3.8) is 0 Å².